The van der Waals surface area contributed by atoms with Gasteiger partial charge >= 0.3 is 0 Å². The Balaban J connectivity index is 1.45. The lowest BCUT2D eigenvalue weighted by Crippen LogP contribution is -2.24. The van der Waals surface area contributed by atoms with E-state index < -0.39 is 11.6 Å². The number of benzene rings is 3. The highest BCUT2D eigenvalue weighted by atomic mass is 19.2. The van der Waals surface area contributed by atoms with Crippen LogP contribution in [-0.4, -0.2) is 19.3 Å². The van der Waals surface area contributed by atoms with Crippen molar-refractivity contribution < 1.29 is 22.6 Å². The minimum Gasteiger partial charge on any atom is -0.490 e. The standard InChI is InChI=1S/C31H33F3O2/c1-3-5-6-7-25-14-12-24(20-36-25)23-13-15-26(28(32)19-23)21-8-10-22(11-9-21)27-16-17-29(35-18-4-2)31(34)30(27)33/h3,5,8-11,13,15-17,19,24-25H,4,6-7,12,14,18,20H2,1-2H3/b5-3+. The summed E-state index contributed by atoms with van der Waals surface area (Å²) >= 11 is 0. The molecule has 2 atom stereocenters. The van der Waals surface area contributed by atoms with E-state index in [9.17, 15) is 8.78 Å². The van der Waals surface area contributed by atoms with Gasteiger partial charge < -0.3 is 9.47 Å². The van der Waals surface area contributed by atoms with Gasteiger partial charge in [0.1, 0.15) is 5.82 Å². The van der Waals surface area contributed by atoms with Crippen LogP contribution < -0.4 is 4.74 Å². The molecule has 3 aromatic carbocycles. The zero-order valence-electron chi connectivity index (χ0n) is 20.9. The summed E-state index contributed by atoms with van der Waals surface area (Å²) in [6.45, 7) is 4.85. The second-order valence-electron chi connectivity index (χ2n) is 9.28. The van der Waals surface area contributed by atoms with Crippen molar-refractivity contribution in [1.29, 1.82) is 0 Å². The van der Waals surface area contributed by atoms with Gasteiger partial charge in [0, 0.05) is 17.0 Å². The highest BCUT2D eigenvalue weighted by Gasteiger charge is 2.23. The molecule has 4 rings (SSSR count). The van der Waals surface area contributed by atoms with E-state index >= 15 is 4.39 Å². The van der Waals surface area contributed by atoms with Crippen LogP contribution in [-0.2, 0) is 4.74 Å². The highest BCUT2D eigenvalue weighted by molar-refractivity contribution is 5.71. The molecule has 190 valence electrons. The Hall–Kier alpha value is -3.05. The van der Waals surface area contributed by atoms with Crippen molar-refractivity contribution in [3.05, 3.63) is 89.8 Å². The van der Waals surface area contributed by atoms with Crippen molar-refractivity contribution in [3.8, 4) is 28.0 Å². The zero-order valence-corrected chi connectivity index (χ0v) is 20.9. The van der Waals surface area contributed by atoms with Crippen molar-refractivity contribution in [3.63, 3.8) is 0 Å². The summed E-state index contributed by atoms with van der Waals surface area (Å²) in [6, 6.07) is 15.1. The SMILES string of the molecule is C/C=C/CCC1CCC(c2ccc(-c3ccc(-c4ccc(OCCC)c(F)c4F)cc3)c(F)c2)CO1. The number of ether oxygens (including phenoxy) is 2. The van der Waals surface area contributed by atoms with Crippen LogP contribution in [0.1, 0.15) is 57.4 Å². The molecule has 0 saturated carbocycles. The number of allylic oxidation sites excluding steroid dienone is 2. The highest BCUT2D eigenvalue weighted by Crippen LogP contribution is 2.34. The van der Waals surface area contributed by atoms with Gasteiger partial charge in [0.25, 0.3) is 0 Å². The van der Waals surface area contributed by atoms with Crippen LogP contribution in [0.5, 0.6) is 5.75 Å². The third kappa shape index (κ3) is 6.01. The van der Waals surface area contributed by atoms with Gasteiger partial charge in [-0.25, -0.2) is 8.78 Å². The minimum absolute atomic E-state index is 0.0931. The summed E-state index contributed by atoms with van der Waals surface area (Å²) in [6.07, 6.45) is 9.20. The van der Waals surface area contributed by atoms with Gasteiger partial charge in [-0.1, -0.05) is 55.5 Å². The number of rotatable bonds is 9. The number of halogens is 3. The van der Waals surface area contributed by atoms with Crippen LogP contribution in [0.4, 0.5) is 13.2 Å². The van der Waals surface area contributed by atoms with Crippen LogP contribution in [0.3, 0.4) is 0 Å². The lowest BCUT2D eigenvalue weighted by Gasteiger charge is -2.29. The third-order valence-corrected chi connectivity index (χ3v) is 6.74. The van der Waals surface area contributed by atoms with Crippen LogP contribution >= 0.6 is 0 Å². The topological polar surface area (TPSA) is 18.5 Å². The maximum Gasteiger partial charge on any atom is 0.201 e. The quantitative estimate of drug-likeness (QED) is 0.277. The van der Waals surface area contributed by atoms with Gasteiger partial charge in [0.15, 0.2) is 11.6 Å². The van der Waals surface area contributed by atoms with Crippen molar-refractivity contribution in [2.24, 2.45) is 0 Å². The Morgan fingerprint density at radius 2 is 1.64 bits per heavy atom. The predicted octanol–water partition coefficient (Wildman–Crippen LogP) is 8.85. The van der Waals surface area contributed by atoms with Crippen molar-refractivity contribution in [2.45, 2.75) is 58.0 Å². The Morgan fingerprint density at radius 3 is 2.28 bits per heavy atom. The molecule has 36 heavy (non-hydrogen) atoms. The van der Waals surface area contributed by atoms with E-state index in [0.717, 1.165) is 31.2 Å². The van der Waals surface area contributed by atoms with Gasteiger partial charge in [0.05, 0.1) is 19.3 Å². The molecule has 1 fully saturated rings. The van der Waals surface area contributed by atoms with Gasteiger partial charge in [-0.2, -0.15) is 4.39 Å². The monoisotopic (exact) mass is 494 g/mol. The predicted molar refractivity (Wildman–Crippen MR) is 139 cm³/mol. The summed E-state index contributed by atoms with van der Waals surface area (Å²) in [7, 11) is 0. The zero-order chi connectivity index (χ0) is 25.5. The summed E-state index contributed by atoms with van der Waals surface area (Å²) in [4.78, 5) is 0. The summed E-state index contributed by atoms with van der Waals surface area (Å²) in [5.41, 5.74) is 2.75. The molecule has 0 bridgehead atoms. The molecule has 1 aliphatic rings. The van der Waals surface area contributed by atoms with Crippen LogP contribution in [0, 0.1) is 17.5 Å². The lowest BCUT2D eigenvalue weighted by molar-refractivity contribution is -0.000225. The van der Waals surface area contributed by atoms with Gasteiger partial charge in [-0.3, -0.25) is 0 Å². The second-order valence-corrected chi connectivity index (χ2v) is 9.28. The average molecular weight is 495 g/mol. The van der Waals surface area contributed by atoms with Crippen LogP contribution in [0.2, 0.25) is 0 Å². The Morgan fingerprint density at radius 1 is 0.917 bits per heavy atom. The third-order valence-electron chi connectivity index (χ3n) is 6.74. The molecule has 3 aromatic rings. The smallest absolute Gasteiger partial charge is 0.201 e. The fourth-order valence-corrected chi connectivity index (χ4v) is 4.67. The lowest BCUT2D eigenvalue weighted by atomic mass is 9.89. The Kier molecular flexibility index (Phi) is 8.87. The normalized spacial score (nSPS) is 18.0. The maximum absolute atomic E-state index is 15.1. The average Bonchev–Trinajstić information content (AvgIpc) is 2.90. The molecule has 1 heterocycles. The van der Waals surface area contributed by atoms with Crippen molar-refractivity contribution in [1.82, 2.24) is 0 Å². The summed E-state index contributed by atoms with van der Waals surface area (Å²) in [5.74, 6) is -2.15. The van der Waals surface area contributed by atoms with Gasteiger partial charge in [-0.15, -0.1) is 0 Å². The molecule has 2 nitrogen and oxygen atoms in total. The molecular formula is C31H33F3O2. The second kappa shape index (κ2) is 12.3. The van der Waals surface area contributed by atoms with E-state index in [1.165, 1.54) is 12.1 Å². The first-order valence-electron chi connectivity index (χ1n) is 12.8. The Bertz CT molecular complexity index is 1180. The summed E-state index contributed by atoms with van der Waals surface area (Å²) < 4.78 is 55.4. The molecule has 0 spiro atoms. The van der Waals surface area contributed by atoms with E-state index in [1.54, 1.807) is 36.4 Å². The van der Waals surface area contributed by atoms with Crippen LogP contribution in [0.15, 0.2) is 66.7 Å². The molecule has 0 N–H and O–H groups in total. The molecule has 2 unspecified atom stereocenters. The van der Waals surface area contributed by atoms with E-state index in [-0.39, 0.29) is 29.2 Å². The molecule has 1 saturated heterocycles. The largest absolute Gasteiger partial charge is 0.490 e. The van der Waals surface area contributed by atoms with Gasteiger partial charge in [-0.05, 0) is 73.9 Å². The fourth-order valence-electron chi connectivity index (χ4n) is 4.67. The molecule has 0 aliphatic carbocycles. The first-order chi connectivity index (χ1) is 17.5. The minimum atomic E-state index is -0.998. The first-order valence-corrected chi connectivity index (χ1v) is 12.8. The van der Waals surface area contributed by atoms with E-state index in [4.69, 9.17) is 9.47 Å². The molecule has 0 aromatic heterocycles. The molecule has 0 amide bonds. The van der Waals surface area contributed by atoms with E-state index in [2.05, 4.69) is 12.2 Å². The fraction of sp³-hybridized carbons (Fsp3) is 0.355. The number of hydrogen-bond donors (Lipinski definition) is 0. The van der Waals surface area contributed by atoms with Crippen molar-refractivity contribution >= 4 is 0 Å². The number of hydrogen-bond acceptors (Lipinski definition) is 2. The Labute approximate surface area is 211 Å². The van der Waals surface area contributed by atoms with E-state index in [1.807, 2.05) is 19.9 Å². The molecule has 1 aliphatic heterocycles. The molecule has 0 radical (unpaired) electrons. The summed E-state index contributed by atoms with van der Waals surface area (Å²) in [5, 5.41) is 0. The van der Waals surface area contributed by atoms with Crippen LogP contribution in [0.25, 0.3) is 22.3 Å². The van der Waals surface area contributed by atoms with Gasteiger partial charge in [0.2, 0.25) is 5.82 Å². The molecular weight excluding hydrogens is 461 g/mol. The van der Waals surface area contributed by atoms with Crippen molar-refractivity contribution in [2.75, 3.05) is 13.2 Å². The maximum atomic E-state index is 15.1. The van der Waals surface area contributed by atoms with E-state index in [0.29, 0.717) is 36.3 Å². The molecule has 5 heteroatoms. The first kappa shape index (κ1) is 26.0.